The molecule has 2 rings (SSSR count). The van der Waals surface area contributed by atoms with Crippen molar-refractivity contribution in [1.82, 2.24) is 4.98 Å². The highest BCUT2D eigenvalue weighted by atomic mass is 16.6. The first-order valence-corrected chi connectivity index (χ1v) is 6.53. The van der Waals surface area contributed by atoms with Gasteiger partial charge in [0.2, 0.25) is 11.7 Å². The van der Waals surface area contributed by atoms with Gasteiger partial charge in [0.05, 0.1) is 4.92 Å². The van der Waals surface area contributed by atoms with Crippen molar-refractivity contribution >= 4 is 11.5 Å². The maximum Gasteiger partial charge on any atom is 0.311 e. The fourth-order valence-electron chi connectivity index (χ4n) is 2.81. The molecule has 1 heterocycles. The van der Waals surface area contributed by atoms with Crippen molar-refractivity contribution in [1.29, 1.82) is 0 Å². The Labute approximate surface area is 112 Å². The highest BCUT2D eigenvalue weighted by Gasteiger charge is 2.26. The summed E-state index contributed by atoms with van der Waals surface area (Å²) in [5, 5.41) is 10.7. The molecule has 2 unspecified atom stereocenters. The van der Waals surface area contributed by atoms with Crippen LogP contribution in [0.4, 0.5) is 11.5 Å². The lowest BCUT2D eigenvalue weighted by Gasteiger charge is -2.31. The van der Waals surface area contributed by atoms with Crippen molar-refractivity contribution in [3.8, 4) is 5.88 Å². The van der Waals surface area contributed by atoms with Gasteiger partial charge in [-0.05, 0) is 31.1 Å². The average Bonchev–Trinajstić information content (AvgIpc) is 2.26. The monoisotopic (exact) mass is 265 g/mol. The number of anilines is 1. The minimum atomic E-state index is -0.545. The van der Waals surface area contributed by atoms with Crippen LogP contribution in [-0.2, 0) is 0 Å². The van der Waals surface area contributed by atoms with Crippen LogP contribution in [0.25, 0.3) is 0 Å². The molecule has 0 radical (unpaired) electrons. The lowest BCUT2D eigenvalue weighted by molar-refractivity contribution is -0.384. The first-order valence-electron chi connectivity index (χ1n) is 6.53. The lowest BCUT2D eigenvalue weighted by atomic mass is 9.82. The molecule has 6 heteroatoms. The van der Waals surface area contributed by atoms with Gasteiger partial charge >= 0.3 is 5.69 Å². The molecule has 2 N–H and O–H groups in total. The molecule has 0 spiro atoms. The summed E-state index contributed by atoms with van der Waals surface area (Å²) in [5.41, 5.74) is 5.37. The molecule has 104 valence electrons. The van der Waals surface area contributed by atoms with E-state index in [1.54, 1.807) is 0 Å². The van der Waals surface area contributed by atoms with Crippen molar-refractivity contribution in [3.05, 3.63) is 22.2 Å². The maximum absolute atomic E-state index is 10.7. The van der Waals surface area contributed by atoms with Gasteiger partial charge in [0.25, 0.3) is 0 Å². The second kappa shape index (κ2) is 5.42. The van der Waals surface area contributed by atoms with Gasteiger partial charge in [0.15, 0.2) is 0 Å². The summed E-state index contributed by atoms with van der Waals surface area (Å²) < 4.78 is 5.80. The normalized spacial score (nSPS) is 26.9. The van der Waals surface area contributed by atoms with E-state index >= 15 is 0 Å². The molecule has 1 aromatic heterocycles. The van der Waals surface area contributed by atoms with Crippen molar-refractivity contribution in [2.75, 3.05) is 5.73 Å². The number of ether oxygens (including phenoxy) is 1. The third kappa shape index (κ3) is 3.33. The topological polar surface area (TPSA) is 91.3 Å². The quantitative estimate of drug-likeness (QED) is 0.670. The van der Waals surface area contributed by atoms with E-state index < -0.39 is 4.92 Å². The zero-order valence-corrected chi connectivity index (χ0v) is 11.2. The minimum absolute atomic E-state index is 0.0978. The van der Waals surface area contributed by atoms with Crippen molar-refractivity contribution < 1.29 is 9.66 Å². The molecule has 0 aliphatic heterocycles. The molecule has 1 fully saturated rings. The molecule has 0 aromatic carbocycles. The Morgan fingerprint density at radius 3 is 2.47 bits per heavy atom. The standard InChI is InChI=1S/C13H19N3O3/c1-8-5-9(2)7-10(6-8)19-12-4-3-11(16(17)18)13(14)15-12/h3-4,8-10H,5-7H2,1-2H3,(H2,14,15). The van der Waals surface area contributed by atoms with Crippen LogP contribution in [0.3, 0.4) is 0 Å². The van der Waals surface area contributed by atoms with Crippen molar-refractivity contribution in [2.45, 2.75) is 39.2 Å². The summed E-state index contributed by atoms with van der Waals surface area (Å²) in [7, 11) is 0. The largest absolute Gasteiger partial charge is 0.474 e. The number of hydrogen-bond donors (Lipinski definition) is 1. The second-order valence-electron chi connectivity index (χ2n) is 5.47. The molecule has 0 saturated heterocycles. The molecule has 0 amide bonds. The van der Waals surface area contributed by atoms with Gasteiger partial charge in [0.1, 0.15) is 6.10 Å². The van der Waals surface area contributed by atoms with Crippen LogP contribution in [0.1, 0.15) is 33.1 Å². The van der Waals surface area contributed by atoms with Crippen LogP contribution in [-0.4, -0.2) is 16.0 Å². The summed E-state index contributed by atoms with van der Waals surface area (Å²) in [4.78, 5) is 14.1. The molecule has 1 saturated carbocycles. The van der Waals surface area contributed by atoms with Crippen molar-refractivity contribution in [2.24, 2.45) is 11.8 Å². The summed E-state index contributed by atoms with van der Waals surface area (Å²) in [6.07, 6.45) is 3.31. The third-order valence-corrected chi connectivity index (χ3v) is 3.50. The fraction of sp³-hybridized carbons (Fsp3) is 0.615. The van der Waals surface area contributed by atoms with Gasteiger partial charge in [-0.15, -0.1) is 0 Å². The number of hydrogen-bond acceptors (Lipinski definition) is 5. The van der Waals surface area contributed by atoms with Gasteiger partial charge in [0, 0.05) is 12.1 Å². The molecular weight excluding hydrogens is 246 g/mol. The maximum atomic E-state index is 10.7. The summed E-state index contributed by atoms with van der Waals surface area (Å²) in [5.74, 6) is 1.53. The van der Waals surface area contributed by atoms with Crippen molar-refractivity contribution in [3.63, 3.8) is 0 Å². The van der Waals surface area contributed by atoms with Gasteiger partial charge in [-0.2, -0.15) is 4.98 Å². The number of nitrogens with zero attached hydrogens (tertiary/aromatic N) is 2. The number of rotatable bonds is 3. The Kier molecular flexibility index (Phi) is 3.87. The average molecular weight is 265 g/mol. The molecular formula is C13H19N3O3. The minimum Gasteiger partial charge on any atom is -0.474 e. The van der Waals surface area contributed by atoms with E-state index in [0.717, 1.165) is 12.8 Å². The third-order valence-electron chi connectivity index (χ3n) is 3.50. The van der Waals surface area contributed by atoms with Gasteiger partial charge in [-0.1, -0.05) is 13.8 Å². The summed E-state index contributed by atoms with van der Waals surface area (Å²) in [6.45, 7) is 4.42. The molecule has 0 bridgehead atoms. The van der Waals surface area contributed by atoms with E-state index in [0.29, 0.717) is 17.7 Å². The number of pyridine rings is 1. The van der Waals surface area contributed by atoms with E-state index in [2.05, 4.69) is 18.8 Å². The highest BCUT2D eigenvalue weighted by Crippen LogP contribution is 2.31. The smallest absolute Gasteiger partial charge is 0.311 e. The van der Waals surface area contributed by atoms with E-state index in [1.165, 1.54) is 18.6 Å². The van der Waals surface area contributed by atoms with Crippen LogP contribution in [0.15, 0.2) is 12.1 Å². The fourth-order valence-corrected chi connectivity index (χ4v) is 2.81. The predicted molar refractivity (Wildman–Crippen MR) is 71.9 cm³/mol. The second-order valence-corrected chi connectivity index (χ2v) is 5.47. The first-order chi connectivity index (χ1) is 8.95. The Morgan fingerprint density at radius 1 is 1.32 bits per heavy atom. The van der Waals surface area contributed by atoms with Gasteiger partial charge in [-0.3, -0.25) is 10.1 Å². The Hall–Kier alpha value is -1.85. The summed E-state index contributed by atoms with van der Waals surface area (Å²) in [6, 6.07) is 2.85. The molecule has 6 nitrogen and oxygen atoms in total. The molecule has 19 heavy (non-hydrogen) atoms. The van der Waals surface area contributed by atoms with Gasteiger partial charge in [-0.25, -0.2) is 0 Å². The number of aromatic nitrogens is 1. The Morgan fingerprint density at radius 2 is 1.95 bits per heavy atom. The van der Waals surface area contributed by atoms with Crippen LogP contribution in [0, 0.1) is 22.0 Å². The molecule has 1 aliphatic carbocycles. The van der Waals surface area contributed by atoms with Crippen LogP contribution >= 0.6 is 0 Å². The van der Waals surface area contributed by atoms with Crippen LogP contribution < -0.4 is 10.5 Å². The molecule has 1 aromatic rings. The van der Waals surface area contributed by atoms with E-state index in [4.69, 9.17) is 10.5 Å². The zero-order chi connectivity index (χ0) is 14.0. The van der Waals surface area contributed by atoms with Gasteiger partial charge < -0.3 is 10.5 Å². The van der Waals surface area contributed by atoms with E-state index in [9.17, 15) is 10.1 Å². The SMILES string of the molecule is CC1CC(C)CC(Oc2ccc([N+](=O)[O-])c(N)n2)C1. The molecule has 1 aliphatic rings. The highest BCUT2D eigenvalue weighted by molar-refractivity contribution is 5.53. The van der Waals surface area contributed by atoms with E-state index in [-0.39, 0.29) is 17.6 Å². The molecule has 2 atom stereocenters. The Bertz CT molecular complexity index is 468. The van der Waals surface area contributed by atoms with Crippen LogP contribution in [0.5, 0.6) is 5.88 Å². The van der Waals surface area contributed by atoms with Crippen LogP contribution in [0.2, 0.25) is 0 Å². The number of nitro groups is 1. The number of nitrogen functional groups attached to an aromatic ring is 1. The Balaban J connectivity index is 2.07. The zero-order valence-electron chi connectivity index (χ0n) is 11.2. The lowest BCUT2D eigenvalue weighted by Crippen LogP contribution is -2.28. The van der Waals surface area contributed by atoms with E-state index in [1.807, 2.05) is 0 Å². The first kappa shape index (κ1) is 13.6. The predicted octanol–water partition coefficient (Wildman–Crippen LogP) is 2.78. The number of nitrogens with two attached hydrogens (primary N) is 1. The summed E-state index contributed by atoms with van der Waals surface area (Å²) >= 11 is 0.